The Morgan fingerprint density at radius 3 is 2.35 bits per heavy atom. The van der Waals surface area contributed by atoms with Gasteiger partial charge in [-0.3, -0.25) is 23.9 Å². The third-order valence-electron chi connectivity index (χ3n) is 6.81. The maximum atomic E-state index is 14.5. The molecule has 1 spiro atoms. The molecule has 0 aromatic carbocycles. The summed E-state index contributed by atoms with van der Waals surface area (Å²) in [6.45, 7) is 1.25. The Kier molecular flexibility index (Phi) is 7.26. The second kappa shape index (κ2) is 9.38. The van der Waals surface area contributed by atoms with Crippen molar-refractivity contribution >= 4 is 23.5 Å². The summed E-state index contributed by atoms with van der Waals surface area (Å²) in [4.78, 5) is 50.9. The number of likely N-dealkylation sites (tertiary alicyclic amines) is 1. The third kappa shape index (κ3) is 5.84. The number of carbonyl (C=O) groups is 4. The largest absolute Gasteiger partial charge is 0.522 e. The number of ketones is 1. The van der Waals surface area contributed by atoms with Crippen LogP contribution in [0.4, 0.5) is 22.0 Å². The van der Waals surface area contributed by atoms with Crippen LogP contribution in [0.15, 0.2) is 0 Å². The molecule has 2 aliphatic heterocycles. The average molecular weight is 497 g/mol. The number of hydrogen-bond donors (Lipinski definition) is 2. The lowest BCUT2D eigenvalue weighted by molar-refractivity contribution is -0.321. The SMILES string of the molecule is CC(C)C(F)(F)C(=O)N1CC2(CC2)C[C@H]1C(=O)N[C@@H](C[C@@H]1CCNC1=O)C(=O)COC(F)(F)F. The molecule has 1 saturated carbocycles. The Balaban J connectivity index is 1.77. The quantitative estimate of drug-likeness (QED) is 0.473. The maximum absolute atomic E-state index is 14.5. The number of alkyl halides is 5. The first kappa shape index (κ1) is 26.3. The molecule has 0 aromatic heterocycles. The van der Waals surface area contributed by atoms with E-state index in [9.17, 15) is 41.1 Å². The topological polar surface area (TPSA) is 105 Å². The Labute approximate surface area is 192 Å². The normalized spacial score (nSPS) is 24.9. The lowest BCUT2D eigenvalue weighted by Crippen LogP contribution is -2.55. The summed E-state index contributed by atoms with van der Waals surface area (Å²) in [6.07, 6.45) is -3.62. The van der Waals surface area contributed by atoms with E-state index in [1.807, 2.05) is 0 Å². The van der Waals surface area contributed by atoms with Gasteiger partial charge in [-0.1, -0.05) is 13.8 Å². The smallest absolute Gasteiger partial charge is 0.356 e. The van der Waals surface area contributed by atoms with Gasteiger partial charge in [0.1, 0.15) is 12.6 Å². The maximum Gasteiger partial charge on any atom is 0.522 e. The molecular formula is C21H28F5N3O5. The van der Waals surface area contributed by atoms with Gasteiger partial charge in [0.25, 0.3) is 5.91 Å². The molecule has 34 heavy (non-hydrogen) atoms. The fourth-order valence-corrected chi connectivity index (χ4v) is 4.43. The van der Waals surface area contributed by atoms with Crippen LogP contribution in [0, 0.1) is 17.3 Å². The lowest BCUT2D eigenvalue weighted by atomic mass is 9.95. The van der Waals surface area contributed by atoms with Gasteiger partial charge < -0.3 is 15.5 Å². The summed E-state index contributed by atoms with van der Waals surface area (Å²) in [5.41, 5.74) is -0.449. The summed E-state index contributed by atoms with van der Waals surface area (Å²) < 4.78 is 69.8. The van der Waals surface area contributed by atoms with Crippen molar-refractivity contribution in [1.82, 2.24) is 15.5 Å². The molecule has 13 heteroatoms. The van der Waals surface area contributed by atoms with E-state index in [0.29, 0.717) is 25.8 Å². The zero-order valence-electron chi connectivity index (χ0n) is 18.8. The lowest BCUT2D eigenvalue weighted by Gasteiger charge is -2.30. The standard InChI is InChI=1S/C21H28F5N3O5/c1-11(2)20(22,23)18(33)29-10-19(4-5-19)8-14(29)17(32)28-13(7-12-3-6-27-16(12)31)15(30)9-34-21(24,25)26/h11-14H,3-10H2,1-2H3,(H,27,31)(H,28,32)/t12-,13-,14-/m0/s1. The van der Waals surface area contributed by atoms with Crippen molar-refractivity contribution in [3.63, 3.8) is 0 Å². The molecule has 3 rings (SSSR count). The fraction of sp³-hybridized carbons (Fsp3) is 0.810. The number of nitrogens with zero attached hydrogens (tertiary/aromatic N) is 1. The van der Waals surface area contributed by atoms with Gasteiger partial charge in [-0.15, -0.1) is 13.2 Å². The number of hydrogen-bond acceptors (Lipinski definition) is 5. The van der Waals surface area contributed by atoms with Gasteiger partial charge >= 0.3 is 12.3 Å². The summed E-state index contributed by atoms with van der Waals surface area (Å²) in [7, 11) is 0. The Morgan fingerprint density at radius 2 is 1.85 bits per heavy atom. The molecule has 0 unspecified atom stereocenters. The molecule has 192 valence electrons. The van der Waals surface area contributed by atoms with Crippen LogP contribution < -0.4 is 10.6 Å². The van der Waals surface area contributed by atoms with Crippen molar-refractivity contribution in [3.8, 4) is 0 Å². The van der Waals surface area contributed by atoms with Gasteiger partial charge in [0.15, 0.2) is 5.78 Å². The highest BCUT2D eigenvalue weighted by Gasteiger charge is 2.59. The molecule has 3 amide bonds. The van der Waals surface area contributed by atoms with E-state index in [4.69, 9.17) is 0 Å². The Hall–Kier alpha value is -2.31. The second-order valence-corrected chi connectivity index (χ2v) is 9.70. The van der Waals surface area contributed by atoms with Crippen molar-refractivity contribution in [2.75, 3.05) is 19.7 Å². The Morgan fingerprint density at radius 1 is 1.21 bits per heavy atom. The first-order valence-corrected chi connectivity index (χ1v) is 11.2. The Bertz CT molecular complexity index is 843. The minimum absolute atomic E-state index is 0.0347. The van der Waals surface area contributed by atoms with E-state index >= 15 is 0 Å². The summed E-state index contributed by atoms with van der Waals surface area (Å²) in [5, 5.41) is 4.86. The van der Waals surface area contributed by atoms with Crippen LogP contribution in [-0.2, 0) is 23.9 Å². The number of rotatable bonds is 9. The van der Waals surface area contributed by atoms with Crippen LogP contribution in [0.2, 0.25) is 0 Å². The van der Waals surface area contributed by atoms with Crippen LogP contribution in [0.3, 0.4) is 0 Å². The third-order valence-corrected chi connectivity index (χ3v) is 6.81. The van der Waals surface area contributed by atoms with Gasteiger partial charge in [0.05, 0.1) is 6.04 Å². The molecule has 2 saturated heterocycles. The summed E-state index contributed by atoms with van der Waals surface area (Å²) >= 11 is 0. The predicted molar refractivity (Wildman–Crippen MR) is 106 cm³/mol. The molecule has 2 heterocycles. The molecule has 2 N–H and O–H groups in total. The highest BCUT2D eigenvalue weighted by atomic mass is 19.4. The van der Waals surface area contributed by atoms with E-state index in [2.05, 4.69) is 15.4 Å². The highest BCUT2D eigenvalue weighted by Crippen LogP contribution is 2.55. The van der Waals surface area contributed by atoms with Crippen LogP contribution in [0.5, 0.6) is 0 Å². The average Bonchev–Trinajstić information content (AvgIpc) is 3.20. The van der Waals surface area contributed by atoms with Crippen LogP contribution in [-0.4, -0.2) is 72.5 Å². The number of amides is 3. The van der Waals surface area contributed by atoms with Gasteiger partial charge in [0, 0.05) is 24.9 Å². The van der Waals surface area contributed by atoms with E-state index in [0.717, 1.165) is 4.90 Å². The molecular weight excluding hydrogens is 469 g/mol. The van der Waals surface area contributed by atoms with Crippen molar-refractivity contribution in [1.29, 1.82) is 0 Å². The molecule has 8 nitrogen and oxygen atoms in total. The van der Waals surface area contributed by atoms with E-state index in [1.54, 1.807) is 0 Å². The first-order chi connectivity index (χ1) is 15.7. The minimum Gasteiger partial charge on any atom is -0.356 e. The van der Waals surface area contributed by atoms with E-state index < -0.39 is 71.7 Å². The molecule has 0 bridgehead atoms. The predicted octanol–water partition coefficient (Wildman–Crippen LogP) is 1.78. The highest BCUT2D eigenvalue weighted by molar-refractivity contribution is 5.95. The zero-order chi connectivity index (χ0) is 25.5. The number of halogens is 5. The van der Waals surface area contributed by atoms with Crippen molar-refractivity contribution in [2.24, 2.45) is 17.3 Å². The number of carbonyl (C=O) groups excluding carboxylic acids is 4. The number of ether oxygens (including phenoxy) is 1. The molecule has 0 radical (unpaired) electrons. The van der Waals surface area contributed by atoms with Gasteiger partial charge in [-0.2, -0.15) is 8.78 Å². The van der Waals surface area contributed by atoms with E-state index in [1.165, 1.54) is 13.8 Å². The molecule has 3 fully saturated rings. The number of nitrogens with one attached hydrogen (secondary N) is 2. The zero-order valence-corrected chi connectivity index (χ0v) is 18.8. The van der Waals surface area contributed by atoms with Gasteiger partial charge in [0.2, 0.25) is 11.8 Å². The fourth-order valence-electron chi connectivity index (χ4n) is 4.43. The van der Waals surface area contributed by atoms with Crippen molar-refractivity contribution < 1.29 is 45.9 Å². The second-order valence-electron chi connectivity index (χ2n) is 9.70. The van der Waals surface area contributed by atoms with Crippen LogP contribution in [0.25, 0.3) is 0 Å². The first-order valence-electron chi connectivity index (χ1n) is 11.2. The number of Topliss-reactive ketones (excluding diaryl/α,β-unsaturated/α-hetero) is 1. The van der Waals surface area contributed by atoms with Crippen molar-refractivity contribution in [3.05, 3.63) is 0 Å². The summed E-state index contributed by atoms with van der Waals surface area (Å²) in [6, 6.07) is -2.81. The van der Waals surface area contributed by atoms with Gasteiger partial charge in [-0.25, -0.2) is 0 Å². The molecule has 3 atom stereocenters. The van der Waals surface area contributed by atoms with Crippen LogP contribution in [0.1, 0.15) is 46.0 Å². The summed E-state index contributed by atoms with van der Waals surface area (Å²) in [5.74, 6) is -9.68. The van der Waals surface area contributed by atoms with Gasteiger partial charge in [-0.05, 0) is 37.5 Å². The van der Waals surface area contributed by atoms with Crippen LogP contribution >= 0.6 is 0 Å². The van der Waals surface area contributed by atoms with Crippen molar-refractivity contribution in [2.45, 2.75) is 70.3 Å². The molecule has 0 aromatic rings. The minimum atomic E-state index is -5.08. The molecule has 1 aliphatic carbocycles. The molecule has 3 aliphatic rings. The van der Waals surface area contributed by atoms with E-state index in [-0.39, 0.29) is 19.4 Å². The monoisotopic (exact) mass is 497 g/mol.